The van der Waals surface area contributed by atoms with Gasteiger partial charge in [0.25, 0.3) is 0 Å². The number of hydrogen-bond donors (Lipinski definition) is 0. The molecule has 0 amide bonds. The maximum atomic E-state index is 12.5. The first kappa shape index (κ1) is 22.1. The molecule has 0 fully saturated rings. The zero-order chi connectivity index (χ0) is 21.8. The highest BCUT2D eigenvalue weighted by atomic mass is 16.5. The van der Waals surface area contributed by atoms with E-state index in [0.717, 1.165) is 5.56 Å². The highest BCUT2D eigenvalue weighted by molar-refractivity contribution is 6.06. The summed E-state index contributed by atoms with van der Waals surface area (Å²) in [4.78, 5) is 24.8. The maximum absolute atomic E-state index is 12.5. The Morgan fingerprint density at radius 3 is 2.10 bits per heavy atom. The lowest BCUT2D eigenvalue weighted by Gasteiger charge is -2.18. The van der Waals surface area contributed by atoms with Gasteiger partial charge in [0.2, 0.25) is 0 Å². The van der Waals surface area contributed by atoms with Crippen LogP contribution in [0.15, 0.2) is 54.1 Å². The molecule has 0 saturated carbocycles. The summed E-state index contributed by atoms with van der Waals surface area (Å²) in [6, 6.07) is 16.1. The third kappa shape index (κ3) is 5.89. The van der Waals surface area contributed by atoms with Gasteiger partial charge in [-0.1, -0.05) is 65.8 Å². The van der Waals surface area contributed by atoms with Gasteiger partial charge in [-0.3, -0.25) is 4.79 Å². The molecule has 0 radical (unpaired) electrons. The van der Waals surface area contributed by atoms with Gasteiger partial charge in [0.05, 0.1) is 11.1 Å². The van der Waals surface area contributed by atoms with E-state index in [1.54, 1.807) is 57.2 Å². The Hall–Kier alpha value is -3.19. The number of rotatable bonds is 4. The van der Waals surface area contributed by atoms with Gasteiger partial charge in [-0.05, 0) is 46.9 Å². The van der Waals surface area contributed by atoms with Gasteiger partial charge in [-0.15, -0.1) is 0 Å². The molecule has 4 nitrogen and oxygen atoms in total. The van der Waals surface area contributed by atoms with E-state index in [2.05, 4.69) is 20.8 Å². The second kappa shape index (κ2) is 8.45. The van der Waals surface area contributed by atoms with E-state index in [-0.39, 0.29) is 16.8 Å². The van der Waals surface area contributed by atoms with Crippen LogP contribution in [-0.4, -0.2) is 11.8 Å². The summed E-state index contributed by atoms with van der Waals surface area (Å²) < 4.78 is 5.47. The molecular formula is C25H27NO3. The van der Waals surface area contributed by atoms with Crippen molar-refractivity contribution in [3.8, 4) is 11.8 Å². The van der Waals surface area contributed by atoms with Gasteiger partial charge >= 0.3 is 5.97 Å². The Morgan fingerprint density at radius 1 is 0.966 bits per heavy atom. The number of nitrogens with zero attached hydrogens (tertiary/aromatic N) is 1. The number of ketones is 1. The molecule has 0 aliphatic rings. The van der Waals surface area contributed by atoms with Gasteiger partial charge in [0, 0.05) is 5.41 Å². The van der Waals surface area contributed by atoms with Crippen LogP contribution in [0.4, 0.5) is 0 Å². The Balaban J connectivity index is 2.21. The fourth-order valence-corrected chi connectivity index (χ4v) is 2.66. The molecule has 0 aromatic heterocycles. The summed E-state index contributed by atoms with van der Waals surface area (Å²) in [7, 11) is 0. The summed E-state index contributed by atoms with van der Waals surface area (Å²) in [5, 5.41) is 9.34. The molecule has 0 aliphatic heterocycles. The number of hydrogen-bond acceptors (Lipinski definition) is 4. The van der Waals surface area contributed by atoms with E-state index in [1.165, 1.54) is 6.08 Å². The lowest BCUT2D eigenvalue weighted by atomic mass is 9.86. The fourth-order valence-electron chi connectivity index (χ4n) is 2.66. The zero-order valence-corrected chi connectivity index (χ0v) is 17.9. The first-order chi connectivity index (χ1) is 13.4. The lowest BCUT2D eigenvalue weighted by molar-refractivity contribution is -0.121. The Kier molecular flexibility index (Phi) is 6.44. The van der Waals surface area contributed by atoms with Crippen molar-refractivity contribution in [2.45, 2.75) is 47.0 Å². The normalized spacial score (nSPS) is 12.2. The number of carbonyl (C=O) groups excluding carboxylic acids is 2. The third-order valence-corrected chi connectivity index (χ3v) is 4.41. The van der Waals surface area contributed by atoms with Crippen LogP contribution >= 0.6 is 0 Å². The first-order valence-electron chi connectivity index (χ1n) is 9.51. The van der Waals surface area contributed by atoms with Crippen LogP contribution in [0.5, 0.6) is 5.75 Å². The molecule has 0 unspecified atom stereocenters. The van der Waals surface area contributed by atoms with Gasteiger partial charge in [-0.2, -0.15) is 5.26 Å². The smallest absolute Gasteiger partial charge is 0.343 e. The van der Waals surface area contributed by atoms with Crippen LogP contribution in [0.1, 0.15) is 63.0 Å². The SMILES string of the molecule is CC(C)(C)C(=O)/C(C#N)=C/c1cccc(OC(=O)c2ccc(C(C)(C)C)cc2)c1. The number of esters is 1. The third-order valence-electron chi connectivity index (χ3n) is 4.41. The molecule has 29 heavy (non-hydrogen) atoms. The molecule has 0 atom stereocenters. The number of benzene rings is 2. The second-order valence-corrected chi connectivity index (χ2v) is 9.04. The van der Waals surface area contributed by atoms with Gasteiger partial charge in [0.15, 0.2) is 5.78 Å². The second-order valence-electron chi connectivity index (χ2n) is 9.04. The molecule has 2 aromatic rings. The van der Waals surface area contributed by atoms with Crippen molar-refractivity contribution in [2.24, 2.45) is 5.41 Å². The molecule has 2 rings (SSSR count). The van der Waals surface area contributed by atoms with Crippen LogP contribution in [-0.2, 0) is 10.2 Å². The average Bonchev–Trinajstić information content (AvgIpc) is 2.64. The number of ether oxygens (including phenoxy) is 1. The van der Waals surface area contributed by atoms with Gasteiger partial charge in [0.1, 0.15) is 11.8 Å². The molecule has 0 spiro atoms. The van der Waals surface area contributed by atoms with Crippen LogP contribution in [0.3, 0.4) is 0 Å². The number of nitriles is 1. The standard InChI is InChI=1S/C25H27NO3/c1-24(2,3)20-12-10-18(11-13-20)23(28)29-21-9-7-8-17(15-21)14-19(16-26)22(27)25(4,5)6/h7-15H,1-6H3/b19-14+. The Morgan fingerprint density at radius 2 is 1.59 bits per heavy atom. The maximum Gasteiger partial charge on any atom is 0.343 e. The minimum absolute atomic E-state index is 0.00599. The highest BCUT2D eigenvalue weighted by Gasteiger charge is 2.25. The van der Waals surface area contributed by atoms with E-state index < -0.39 is 11.4 Å². The van der Waals surface area contributed by atoms with Crippen LogP contribution in [0.2, 0.25) is 0 Å². The summed E-state index contributed by atoms with van der Waals surface area (Å²) >= 11 is 0. The molecule has 150 valence electrons. The molecular weight excluding hydrogens is 362 g/mol. The Labute approximate surface area is 172 Å². The van der Waals surface area contributed by atoms with E-state index in [0.29, 0.717) is 16.9 Å². The highest BCUT2D eigenvalue weighted by Crippen LogP contribution is 2.24. The minimum Gasteiger partial charge on any atom is -0.423 e. The van der Waals surface area contributed by atoms with Gasteiger partial charge in [-0.25, -0.2) is 4.79 Å². The lowest BCUT2D eigenvalue weighted by Crippen LogP contribution is -2.21. The van der Waals surface area contributed by atoms with E-state index in [1.807, 2.05) is 18.2 Å². The fraction of sp³-hybridized carbons (Fsp3) is 0.320. The van der Waals surface area contributed by atoms with Crippen molar-refractivity contribution >= 4 is 17.8 Å². The summed E-state index contributed by atoms with van der Waals surface area (Å²) in [5.41, 5.74) is 1.64. The number of carbonyl (C=O) groups is 2. The quantitative estimate of drug-likeness (QED) is 0.290. The monoisotopic (exact) mass is 389 g/mol. The number of allylic oxidation sites excluding steroid dienone is 1. The van der Waals surface area contributed by atoms with Crippen LogP contribution in [0.25, 0.3) is 6.08 Å². The van der Waals surface area contributed by atoms with Gasteiger partial charge < -0.3 is 4.74 Å². The predicted molar refractivity (Wildman–Crippen MR) is 115 cm³/mol. The first-order valence-corrected chi connectivity index (χ1v) is 9.51. The average molecular weight is 389 g/mol. The van der Waals surface area contributed by atoms with Crippen molar-refractivity contribution in [1.29, 1.82) is 5.26 Å². The summed E-state index contributed by atoms with van der Waals surface area (Å²) in [6.07, 6.45) is 1.52. The Bertz CT molecular complexity index is 978. The molecule has 0 aliphatic carbocycles. The van der Waals surface area contributed by atoms with Crippen LogP contribution in [0, 0.1) is 16.7 Å². The molecule has 0 heterocycles. The molecule has 0 saturated heterocycles. The molecule has 0 N–H and O–H groups in total. The van der Waals surface area contributed by atoms with E-state index in [4.69, 9.17) is 4.74 Å². The largest absolute Gasteiger partial charge is 0.423 e. The van der Waals surface area contributed by atoms with E-state index in [9.17, 15) is 14.9 Å². The van der Waals surface area contributed by atoms with Crippen molar-refractivity contribution in [2.75, 3.05) is 0 Å². The topological polar surface area (TPSA) is 67.2 Å². The predicted octanol–water partition coefficient (Wildman–Crippen LogP) is 5.73. The minimum atomic E-state index is -0.648. The molecule has 4 heteroatoms. The van der Waals surface area contributed by atoms with Crippen molar-refractivity contribution in [1.82, 2.24) is 0 Å². The van der Waals surface area contributed by atoms with E-state index >= 15 is 0 Å². The molecule has 2 aromatic carbocycles. The molecule has 0 bridgehead atoms. The van der Waals surface area contributed by atoms with Crippen molar-refractivity contribution in [3.63, 3.8) is 0 Å². The zero-order valence-electron chi connectivity index (χ0n) is 17.9. The van der Waals surface area contributed by atoms with Crippen molar-refractivity contribution in [3.05, 3.63) is 70.8 Å². The summed E-state index contributed by atoms with van der Waals surface area (Å²) in [6.45, 7) is 11.6. The number of Topliss-reactive ketones (excluding diaryl/α,β-unsaturated/α-hetero) is 1. The summed E-state index contributed by atoms with van der Waals surface area (Å²) in [5.74, 6) is -0.344. The van der Waals surface area contributed by atoms with Crippen molar-refractivity contribution < 1.29 is 14.3 Å². The van der Waals surface area contributed by atoms with Crippen LogP contribution < -0.4 is 4.74 Å².